The lowest BCUT2D eigenvalue weighted by Crippen LogP contribution is -2.01. The van der Waals surface area contributed by atoms with Crippen LogP contribution in [0, 0.1) is 0 Å². The van der Waals surface area contributed by atoms with Crippen molar-refractivity contribution in [2.75, 3.05) is 5.43 Å². The number of nitrogens with zero attached hydrogens (tertiary/aromatic N) is 1. The molecular weight excluding hydrogens is 268 g/mol. The van der Waals surface area contributed by atoms with Crippen LogP contribution >= 0.6 is 0 Å². The molecule has 0 saturated carbocycles. The fourth-order valence-corrected chi connectivity index (χ4v) is 2.00. The van der Waals surface area contributed by atoms with Crippen molar-refractivity contribution >= 4 is 11.4 Å². The van der Waals surface area contributed by atoms with E-state index < -0.39 is 5.75 Å². The van der Waals surface area contributed by atoms with E-state index in [0.29, 0.717) is 11.3 Å². The molecule has 0 unspecified atom stereocenters. The number of hydrogen-bond acceptors (Lipinski definition) is 5. The topological polar surface area (TPSA) is 85.1 Å². The molecule has 110 valence electrons. The zero-order chi connectivity index (χ0) is 15.4. The van der Waals surface area contributed by atoms with E-state index in [2.05, 4.69) is 17.5 Å². The Bertz CT molecular complexity index is 681. The van der Waals surface area contributed by atoms with Gasteiger partial charge in [0, 0.05) is 5.56 Å². The number of aromatic hydroxyl groups is 3. The maximum absolute atomic E-state index is 9.83. The average molecular weight is 286 g/mol. The van der Waals surface area contributed by atoms with E-state index >= 15 is 0 Å². The summed E-state index contributed by atoms with van der Waals surface area (Å²) in [6.07, 6.45) is 0.878. The fraction of sp³-hybridized carbons (Fsp3) is 0.188. The van der Waals surface area contributed by atoms with Gasteiger partial charge in [-0.05, 0) is 37.1 Å². The summed E-state index contributed by atoms with van der Waals surface area (Å²) in [5.74, 6) is -1.30. The molecule has 0 fully saturated rings. The van der Waals surface area contributed by atoms with Crippen LogP contribution in [0.15, 0.2) is 41.5 Å². The lowest BCUT2D eigenvalue weighted by Gasteiger charge is -2.10. The zero-order valence-electron chi connectivity index (χ0n) is 12.0. The van der Waals surface area contributed by atoms with Gasteiger partial charge in [0.2, 0.25) is 5.75 Å². The number of phenolic OH excluding ortho intramolecular Hbond substituents is 3. The fourth-order valence-electron chi connectivity index (χ4n) is 2.00. The van der Waals surface area contributed by atoms with Crippen LogP contribution in [0.4, 0.5) is 5.69 Å². The second kappa shape index (κ2) is 6.17. The van der Waals surface area contributed by atoms with Crippen molar-refractivity contribution in [3.05, 3.63) is 47.5 Å². The minimum absolute atomic E-state index is 0.353. The zero-order valence-corrected chi connectivity index (χ0v) is 12.0. The van der Waals surface area contributed by atoms with Gasteiger partial charge in [-0.3, -0.25) is 5.43 Å². The Kier molecular flexibility index (Phi) is 4.33. The molecule has 2 aromatic carbocycles. The first kappa shape index (κ1) is 14.7. The molecule has 0 radical (unpaired) electrons. The average Bonchev–Trinajstić information content (AvgIpc) is 2.50. The number of rotatable bonds is 4. The molecule has 2 rings (SSSR count). The maximum Gasteiger partial charge on any atom is 0.200 e. The molecule has 2 aromatic rings. The number of hydrazone groups is 1. The molecule has 5 nitrogen and oxygen atoms in total. The van der Waals surface area contributed by atoms with Crippen molar-refractivity contribution < 1.29 is 15.3 Å². The first-order chi connectivity index (χ1) is 10.0. The maximum atomic E-state index is 9.83. The number of benzene rings is 2. The number of nitrogens with one attached hydrogen (secondary N) is 1. The molecular formula is C16H18N2O3. The van der Waals surface area contributed by atoms with Crippen LogP contribution in [0.2, 0.25) is 0 Å². The summed E-state index contributed by atoms with van der Waals surface area (Å²) in [6.45, 7) is 3.76. The molecule has 5 heteroatoms. The van der Waals surface area contributed by atoms with E-state index in [1.165, 1.54) is 12.1 Å². The number of hydrogen-bond donors (Lipinski definition) is 4. The minimum atomic E-state index is -0.545. The van der Waals surface area contributed by atoms with Crippen LogP contribution < -0.4 is 5.43 Å². The van der Waals surface area contributed by atoms with Crippen molar-refractivity contribution in [3.8, 4) is 17.2 Å². The van der Waals surface area contributed by atoms with Gasteiger partial charge >= 0.3 is 0 Å². The van der Waals surface area contributed by atoms with Gasteiger partial charge in [-0.1, -0.05) is 25.1 Å². The Hall–Kier alpha value is -2.69. The van der Waals surface area contributed by atoms with Crippen LogP contribution in [-0.4, -0.2) is 21.0 Å². The van der Waals surface area contributed by atoms with Crippen molar-refractivity contribution in [3.63, 3.8) is 0 Å². The molecule has 0 aliphatic heterocycles. The third-order valence-corrected chi connectivity index (χ3v) is 3.26. The number of para-hydroxylation sites is 1. The van der Waals surface area contributed by atoms with Gasteiger partial charge in [-0.15, -0.1) is 0 Å². The molecule has 0 aliphatic carbocycles. The first-order valence-electron chi connectivity index (χ1n) is 6.67. The van der Waals surface area contributed by atoms with Crippen LogP contribution in [0.5, 0.6) is 17.2 Å². The smallest absolute Gasteiger partial charge is 0.200 e. The molecule has 21 heavy (non-hydrogen) atoms. The largest absolute Gasteiger partial charge is 0.504 e. The second-order valence-electron chi connectivity index (χ2n) is 4.65. The Morgan fingerprint density at radius 3 is 2.48 bits per heavy atom. The van der Waals surface area contributed by atoms with Gasteiger partial charge in [0.1, 0.15) is 0 Å². The Morgan fingerprint density at radius 1 is 1.05 bits per heavy atom. The van der Waals surface area contributed by atoms with Gasteiger partial charge in [-0.2, -0.15) is 5.10 Å². The summed E-state index contributed by atoms with van der Waals surface area (Å²) >= 11 is 0. The monoisotopic (exact) mass is 286 g/mol. The van der Waals surface area contributed by atoms with Gasteiger partial charge in [-0.25, -0.2) is 0 Å². The summed E-state index contributed by atoms with van der Waals surface area (Å²) < 4.78 is 0. The third kappa shape index (κ3) is 3.08. The summed E-state index contributed by atoms with van der Waals surface area (Å²) in [7, 11) is 0. The van der Waals surface area contributed by atoms with Crippen LogP contribution in [0.3, 0.4) is 0 Å². The normalized spacial score (nSPS) is 11.4. The Labute approximate surface area is 123 Å². The van der Waals surface area contributed by atoms with Crippen molar-refractivity contribution in [2.45, 2.75) is 20.3 Å². The third-order valence-electron chi connectivity index (χ3n) is 3.26. The summed E-state index contributed by atoms with van der Waals surface area (Å²) in [5.41, 5.74) is 5.83. The highest BCUT2D eigenvalue weighted by Gasteiger charge is 2.13. The van der Waals surface area contributed by atoms with Gasteiger partial charge in [0.15, 0.2) is 11.5 Å². The van der Waals surface area contributed by atoms with E-state index in [4.69, 9.17) is 0 Å². The quantitative estimate of drug-likeness (QED) is 0.395. The Balaban J connectivity index is 2.28. The molecule has 0 aliphatic rings. The predicted molar refractivity (Wildman–Crippen MR) is 83.1 cm³/mol. The van der Waals surface area contributed by atoms with Gasteiger partial charge < -0.3 is 15.3 Å². The van der Waals surface area contributed by atoms with E-state index in [-0.39, 0.29) is 11.5 Å². The van der Waals surface area contributed by atoms with Crippen LogP contribution in [-0.2, 0) is 6.42 Å². The number of aryl methyl sites for hydroxylation is 1. The molecule has 0 saturated heterocycles. The standard InChI is InChI=1S/C16H18N2O3/c1-3-11-6-4-5-7-13(11)18-17-10(2)12-8-9-14(19)16(21)15(12)20/h4-9,18-21H,3H2,1-2H3/b17-10+. The van der Waals surface area contributed by atoms with Crippen molar-refractivity contribution in [1.29, 1.82) is 0 Å². The summed E-state index contributed by atoms with van der Waals surface area (Å²) in [4.78, 5) is 0. The van der Waals surface area contributed by atoms with Crippen molar-refractivity contribution in [1.82, 2.24) is 0 Å². The number of anilines is 1. The predicted octanol–water partition coefficient (Wildman–Crippen LogP) is 3.20. The van der Waals surface area contributed by atoms with E-state index in [9.17, 15) is 15.3 Å². The van der Waals surface area contributed by atoms with E-state index in [0.717, 1.165) is 17.7 Å². The summed E-state index contributed by atoms with van der Waals surface area (Å²) in [5, 5.41) is 32.9. The highest BCUT2D eigenvalue weighted by atomic mass is 16.3. The first-order valence-corrected chi connectivity index (χ1v) is 6.67. The second-order valence-corrected chi connectivity index (χ2v) is 4.65. The molecule has 0 spiro atoms. The van der Waals surface area contributed by atoms with Crippen molar-refractivity contribution in [2.24, 2.45) is 5.10 Å². The van der Waals surface area contributed by atoms with Gasteiger partial charge in [0.05, 0.1) is 11.4 Å². The minimum Gasteiger partial charge on any atom is -0.504 e. The summed E-state index contributed by atoms with van der Waals surface area (Å²) in [6, 6.07) is 10.6. The van der Waals surface area contributed by atoms with E-state index in [1.54, 1.807) is 6.92 Å². The lowest BCUT2D eigenvalue weighted by atomic mass is 10.1. The lowest BCUT2D eigenvalue weighted by molar-refractivity contribution is 0.367. The van der Waals surface area contributed by atoms with Crippen LogP contribution in [0.1, 0.15) is 25.0 Å². The molecule has 0 heterocycles. The SMILES string of the molecule is CCc1ccccc1N/N=C(\C)c1ccc(O)c(O)c1O. The highest BCUT2D eigenvalue weighted by molar-refractivity contribution is 6.02. The molecule has 0 aromatic heterocycles. The number of phenols is 3. The molecule has 0 amide bonds. The molecule has 0 atom stereocenters. The molecule has 0 bridgehead atoms. The van der Waals surface area contributed by atoms with Gasteiger partial charge in [0.25, 0.3) is 0 Å². The molecule has 4 N–H and O–H groups in total. The highest BCUT2D eigenvalue weighted by Crippen LogP contribution is 2.37. The van der Waals surface area contributed by atoms with Crippen LogP contribution in [0.25, 0.3) is 0 Å². The van der Waals surface area contributed by atoms with E-state index in [1.807, 2.05) is 24.3 Å². The Morgan fingerprint density at radius 2 is 1.76 bits per heavy atom.